The predicted molar refractivity (Wildman–Crippen MR) is 157 cm³/mol. The standard InChI is InChI=1S/C32H29ClN4O2/c1-21-7-5-6-10-24(21)20-37-30-25(19-34-32(36-30)35-26-13-15-39-16-14-26)17-28(31(37)38)27-12-11-23(18-29(27)33)22-8-3-2-4-9-22/h2-12,17-19,26H,13-16,20H2,1H3,(H,34,35,36). The number of hydrogen-bond donors (Lipinski definition) is 1. The molecule has 0 saturated carbocycles. The van der Waals surface area contributed by atoms with Gasteiger partial charge in [-0.3, -0.25) is 9.36 Å². The summed E-state index contributed by atoms with van der Waals surface area (Å²) < 4.78 is 7.22. The first kappa shape index (κ1) is 25.3. The van der Waals surface area contributed by atoms with E-state index in [0.29, 0.717) is 34.3 Å². The van der Waals surface area contributed by atoms with Gasteiger partial charge in [-0.2, -0.15) is 4.98 Å². The molecule has 0 aliphatic carbocycles. The number of nitrogens with one attached hydrogen (secondary N) is 1. The summed E-state index contributed by atoms with van der Waals surface area (Å²) in [6, 6.07) is 26.1. The van der Waals surface area contributed by atoms with Gasteiger partial charge in [-0.05, 0) is 54.2 Å². The molecular weight excluding hydrogens is 508 g/mol. The Morgan fingerprint density at radius 1 is 0.949 bits per heavy atom. The average Bonchev–Trinajstić information content (AvgIpc) is 2.97. The predicted octanol–water partition coefficient (Wildman–Crippen LogP) is 6.73. The molecule has 0 radical (unpaired) electrons. The zero-order chi connectivity index (χ0) is 26.8. The van der Waals surface area contributed by atoms with E-state index in [1.165, 1.54) is 0 Å². The highest BCUT2D eigenvalue weighted by Gasteiger charge is 2.19. The maximum absolute atomic E-state index is 14.1. The molecule has 0 atom stereocenters. The van der Waals surface area contributed by atoms with Crippen LogP contribution in [0.3, 0.4) is 0 Å². The fraction of sp³-hybridized carbons (Fsp3) is 0.219. The van der Waals surface area contributed by atoms with Gasteiger partial charge in [-0.15, -0.1) is 0 Å². The van der Waals surface area contributed by atoms with Crippen LogP contribution in [0.1, 0.15) is 24.0 Å². The van der Waals surface area contributed by atoms with Gasteiger partial charge in [0.05, 0.1) is 6.54 Å². The van der Waals surface area contributed by atoms with Crippen molar-refractivity contribution in [1.82, 2.24) is 14.5 Å². The lowest BCUT2D eigenvalue weighted by Crippen LogP contribution is -2.29. The molecule has 6 nitrogen and oxygen atoms in total. The largest absolute Gasteiger partial charge is 0.381 e. The van der Waals surface area contributed by atoms with Crippen LogP contribution in [-0.2, 0) is 11.3 Å². The normalized spacial score (nSPS) is 14.0. The Kier molecular flexibility index (Phi) is 7.14. The lowest BCUT2D eigenvalue weighted by Gasteiger charge is -2.23. The van der Waals surface area contributed by atoms with Crippen LogP contribution < -0.4 is 10.9 Å². The Hall–Kier alpha value is -4.00. The van der Waals surface area contributed by atoms with Gasteiger partial charge < -0.3 is 10.1 Å². The molecule has 3 heterocycles. The Bertz CT molecular complexity index is 1690. The van der Waals surface area contributed by atoms with E-state index < -0.39 is 0 Å². The van der Waals surface area contributed by atoms with Crippen molar-refractivity contribution in [3.05, 3.63) is 112 Å². The van der Waals surface area contributed by atoms with Gasteiger partial charge in [0, 0.05) is 47.0 Å². The van der Waals surface area contributed by atoms with Gasteiger partial charge in [0.25, 0.3) is 5.56 Å². The highest BCUT2D eigenvalue weighted by Crippen LogP contribution is 2.32. The van der Waals surface area contributed by atoms with Crippen LogP contribution in [0.25, 0.3) is 33.3 Å². The van der Waals surface area contributed by atoms with Crippen LogP contribution >= 0.6 is 11.6 Å². The summed E-state index contributed by atoms with van der Waals surface area (Å²) in [7, 11) is 0. The van der Waals surface area contributed by atoms with Crippen molar-refractivity contribution in [2.45, 2.75) is 32.4 Å². The number of halogens is 1. The molecule has 1 saturated heterocycles. The number of nitrogens with zero attached hydrogens (tertiary/aromatic N) is 3. The number of aryl methyl sites for hydroxylation is 1. The van der Waals surface area contributed by atoms with E-state index in [4.69, 9.17) is 21.3 Å². The Balaban J connectivity index is 1.47. The van der Waals surface area contributed by atoms with E-state index >= 15 is 0 Å². The minimum Gasteiger partial charge on any atom is -0.381 e. The number of pyridine rings is 1. The summed E-state index contributed by atoms with van der Waals surface area (Å²) in [5, 5.41) is 4.73. The van der Waals surface area contributed by atoms with Crippen LogP contribution in [0.2, 0.25) is 5.02 Å². The van der Waals surface area contributed by atoms with Crippen LogP contribution in [-0.4, -0.2) is 33.8 Å². The van der Waals surface area contributed by atoms with Crippen molar-refractivity contribution in [2.24, 2.45) is 0 Å². The molecule has 1 fully saturated rings. The van der Waals surface area contributed by atoms with Gasteiger partial charge in [-0.25, -0.2) is 4.98 Å². The molecule has 1 N–H and O–H groups in total. The van der Waals surface area contributed by atoms with Crippen molar-refractivity contribution in [3.63, 3.8) is 0 Å². The molecule has 0 amide bonds. The number of aromatic nitrogens is 3. The minimum atomic E-state index is -0.143. The van der Waals surface area contributed by atoms with Crippen LogP contribution in [0.5, 0.6) is 0 Å². The number of fused-ring (bicyclic) bond motifs is 1. The highest BCUT2D eigenvalue weighted by molar-refractivity contribution is 6.33. The third-order valence-electron chi connectivity index (χ3n) is 7.34. The van der Waals surface area contributed by atoms with E-state index in [1.54, 1.807) is 10.8 Å². The minimum absolute atomic E-state index is 0.143. The molecule has 0 unspecified atom stereocenters. The second kappa shape index (κ2) is 11.0. The first-order valence-corrected chi connectivity index (χ1v) is 13.6. The van der Waals surface area contributed by atoms with Crippen LogP contribution in [0, 0.1) is 6.92 Å². The second-order valence-corrected chi connectivity index (χ2v) is 10.3. The van der Waals surface area contributed by atoms with Gasteiger partial charge >= 0.3 is 0 Å². The molecule has 5 aromatic rings. The maximum atomic E-state index is 14.1. The van der Waals surface area contributed by atoms with Crippen molar-refractivity contribution in [3.8, 4) is 22.3 Å². The first-order valence-electron chi connectivity index (χ1n) is 13.2. The summed E-state index contributed by atoms with van der Waals surface area (Å²) in [5.41, 5.74) is 5.89. The van der Waals surface area contributed by atoms with E-state index in [-0.39, 0.29) is 11.6 Å². The van der Waals surface area contributed by atoms with E-state index in [1.807, 2.05) is 72.8 Å². The zero-order valence-corrected chi connectivity index (χ0v) is 22.5. The van der Waals surface area contributed by atoms with Crippen LogP contribution in [0.4, 0.5) is 5.95 Å². The fourth-order valence-electron chi connectivity index (χ4n) is 5.09. The third-order valence-corrected chi connectivity index (χ3v) is 7.65. The van der Waals surface area contributed by atoms with Crippen molar-refractivity contribution >= 4 is 28.6 Å². The maximum Gasteiger partial charge on any atom is 0.260 e. The molecular formula is C32H29ClN4O2. The van der Waals surface area contributed by atoms with Gasteiger partial charge in [0.1, 0.15) is 5.65 Å². The summed E-state index contributed by atoms with van der Waals surface area (Å²) >= 11 is 6.81. The van der Waals surface area contributed by atoms with Gasteiger partial charge in [0.2, 0.25) is 5.95 Å². The topological polar surface area (TPSA) is 69.0 Å². The highest BCUT2D eigenvalue weighted by atomic mass is 35.5. The molecule has 2 aromatic heterocycles. The van der Waals surface area contributed by atoms with E-state index in [9.17, 15) is 4.79 Å². The lowest BCUT2D eigenvalue weighted by molar-refractivity contribution is 0.0903. The Morgan fingerprint density at radius 3 is 2.49 bits per heavy atom. The van der Waals surface area contributed by atoms with Crippen molar-refractivity contribution < 1.29 is 4.74 Å². The number of benzene rings is 3. The molecule has 1 aliphatic rings. The summed E-state index contributed by atoms with van der Waals surface area (Å²) in [6.45, 7) is 3.88. The van der Waals surface area contributed by atoms with Crippen molar-refractivity contribution in [2.75, 3.05) is 18.5 Å². The number of anilines is 1. The quantitative estimate of drug-likeness (QED) is 0.261. The monoisotopic (exact) mass is 536 g/mol. The fourth-order valence-corrected chi connectivity index (χ4v) is 5.38. The summed E-state index contributed by atoms with van der Waals surface area (Å²) in [4.78, 5) is 23.5. The lowest BCUT2D eigenvalue weighted by atomic mass is 10.00. The second-order valence-electron chi connectivity index (χ2n) is 9.94. The molecule has 1 aliphatic heterocycles. The number of ether oxygens (including phenoxy) is 1. The van der Waals surface area contributed by atoms with Crippen molar-refractivity contribution in [1.29, 1.82) is 0 Å². The summed E-state index contributed by atoms with van der Waals surface area (Å²) in [5.74, 6) is 0.519. The third kappa shape index (κ3) is 5.31. The molecule has 3 aromatic carbocycles. The van der Waals surface area contributed by atoms with E-state index in [2.05, 4.69) is 23.3 Å². The first-order chi connectivity index (χ1) is 19.1. The molecule has 196 valence electrons. The van der Waals surface area contributed by atoms with Gasteiger partial charge in [0.15, 0.2) is 0 Å². The SMILES string of the molecule is Cc1ccccc1Cn1c(=O)c(-c2ccc(-c3ccccc3)cc2Cl)cc2cnc(NC3CCOCC3)nc21. The van der Waals surface area contributed by atoms with Gasteiger partial charge in [-0.1, -0.05) is 78.3 Å². The van der Waals surface area contributed by atoms with E-state index in [0.717, 1.165) is 53.7 Å². The van der Waals surface area contributed by atoms with Crippen LogP contribution in [0.15, 0.2) is 89.9 Å². The number of rotatable bonds is 6. The molecule has 0 bridgehead atoms. The molecule has 7 heteroatoms. The number of hydrogen-bond acceptors (Lipinski definition) is 5. The summed E-state index contributed by atoms with van der Waals surface area (Å²) in [6.07, 6.45) is 3.58. The average molecular weight is 537 g/mol. The zero-order valence-electron chi connectivity index (χ0n) is 21.7. The molecule has 6 rings (SSSR count). The molecule has 39 heavy (non-hydrogen) atoms. The Morgan fingerprint density at radius 2 is 1.72 bits per heavy atom. The smallest absolute Gasteiger partial charge is 0.260 e. The Labute approximate surface area is 232 Å². The molecule has 0 spiro atoms.